The lowest BCUT2D eigenvalue weighted by molar-refractivity contribution is -0.173. The summed E-state index contributed by atoms with van der Waals surface area (Å²) in [7, 11) is 0. The standard InChI is InChI=1S/C14H16ClF3N2O2/c15-11-5-2-10(3-6-11)4-7-12(21)19-8-1-9-20-13(22)14(16,17)18/h2-3,5-6H,1,4,7-9H2,(H,19,21)(H,20,22). The Morgan fingerprint density at radius 2 is 1.64 bits per heavy atom. The van der Waals surface area contributed by atoms with Gasteiger partial charge in [0.2, 0.25) is 5.91 Å². The third kappa shape index (κ3) is 7.31. The van der Waals surface area contributed by atoms with Crippen LogP contribution in [0.1, 0.15) is 18.4 Å². The molecule has 1 rings (SSSR count). The fourth-order valence-electron chi connectivity index (χ4n) is 1.62. The third-order valence-electron chi connectivity index (χ3n) is 2.77. The molecule has 0 bridgehead atoms. The highest BCUT2D eigenvalue weighted by Gasteiger charge is 2.38. The van der Waals surface area contributed by atoms with Gasteiger partial charge in [-0.3, -0.25) is 9.59 Å². The van der Waals surface area contributed by atoms with Gasteiger partial charge in [-0.15, -0.1) is 0 Å². The molecular formula is C14H16ClF3N2O2. The Kier molecular flexibility index (Phi) is 7.17. The molecule has 0 aliphatic carbocycles. The minimum Gasteiger partial charge on any atom is -0.356 e. The van der Waals surface area contributed by atoms with Crippen molar-refractivity contribution in [2.45, 2.75) is 25.4 Å². The fraction of sp³-hybridized carbons (Fsp3) is 0.429. The van der Waals surface area contributed by atoms with Crippen LogP contribution in [0, 0.1) is 0 Å². The molecule has 0 saturated heterocycles. The molecule has 0 spiro atoms. The number of carbonyl (C=O) groups excluding carboxylic acids is 2. The van der Waals surface area contributed by atoms with Crippen LogP contribution in [0.5, 0.6) is 0 Å². The van der Waals surface area contributed by atoms with Crippen LogP contribution in [0.3, 0.4) is 0 Å². The second kappa shape index (κ2) is 8.63. The molecule has 0 radical (unpaired) electrons. The van der Waals surface area contributed by atoms with E-state index in [2.05, 4.69) is 5.32 Å². The monoisotopic (exact) mass is 336 g/mol. The van der Waals surface area contributed by atoms with Gasteiger partial charge in [-0.2, -0.15) is 13.2 Å². The molecule has 0 aromatic heterocycles. The zero-order valence-electron chi connectivity index (χ0n) is 11.7. The number of alkyl halides is 3. The zero-order valence-corrected chi connectivity index (χ0v) is 12.4. The minimum absolute atomic E-state index is 0.143. The molecule has 2 N–H and O–H groups in total. The molecule has 1 aromatic carbocycles. The number of amides is 2. The summed E-state index contributed by atoms with van der Waals surface area (Å²) in [6.07, 6.45) is -3.82. The Balaban J connectivity index is 2.11. The van der Waals surface area contributed by atoms with Gasteiger partial charge in [-0.05, 0) is 30.5 Å². The first-order valence-electron chi connectivity index (χ1n) is 6.65. The summed E-state index contributed by atoms with van der Waals surface area (Å²) in [6, 6.07) is 7.11. The third-order valence-corrected chi connectivity index (χ3v) is 3.02. The zero-order chi connectivity index (χ0) is 16.6. The van der Waals surface area contributed by atoms with Crippen molar-refractivity contribution in [1.29, 1.82) is 0 Å². The molecule has 4 nitrogen and oxygen atoms in total. The van der Waals surface area contributed by atoms with Gasteiger partial charge < -0.3 is 10.6 Å². The largest absolute Gasteiger partial charge is 0.471 e. The van der Waals surface area contributed by atoms with E-state index in [9.17, 15) is 22.8 Å². The highest BCUT2D eigenvalue weighted by Crippen LogP contribution is 2.13. The Labute approximate surface area is 131 Å². The van der Waals surface area contributed by atoms with E-state index >= 15 is 0 Å². The van der Waals surface area contributed by atoms with Crippen molar-refractivity contribution in [1.82, 2.24) is 10.6 Å². The highest BCUT2D eigenvalue weighted by atomic mass is 35.5. The smallest absolute Gasteiger partial charge is 0.356 e. The van der Waals surface area contributed by atoms with Gasteiger partial charge in [0.1, 0.15) is 0 Å². The first kappa shape index (κ1) is 18.3. The summed E-state index contributed by atoms with van der Waals surface area (Å²) >= 11 is 5.74. The van der Waals surface area contributed by atoms with Crippen molar-refractivity contribution < 1.29 is 22.8 Å². The number of hydrogen-bond acceptors (Lipinski definition) is 2. The van der Waals surface area contributed by atoms with Crippen LogP contribution in [0.25, 0.3) is 0 Å². The summed E-state index contributed by atoms with van der Waals surface area (Å²) in [5, 5.41) is 4.93. The molecule has 122 valence electrons. The second-order valence-corrected chi connectivity index (χ2v) is 5.02. The molecule has 8 heteroatoms. The second-order valence-electron chi connectivity index (χ2n) is 4.58. The van der Waals surface area contributed by atoms with E-state index in [0.717, 1.165) is 5.56 Å². The van der Waals surface area contributed by atoms with Crippen LogP contribution in [-0.4, -0.2) is 31.1 Å². The molecule has 0 aliphatic rings. The first-order valence-corrected chi connectivity index (χ1v) is 7.03. The summed E-state index contributed by atoms with van der Waals surface area (Å²) in [6.45, 7) is 0.0629. The molecule has 0 saturated carbocycles. The molecule has 0 atom stereocenters. The maximum atomic E-state index is 11.9. The summed E-state index contributed by atoms with van der Waals surface area (Å²) in [5.41, 5.74) is 0.969. The van der Waals surface area contributed by atoms with E-state index in [1.165, 1.54) is 0 Å². The van der Waals surface area contributed by atoms with Crippen LogP contribution in [0.4, 0.5) is 13.2 Å². The van der Waals surface area contributed by atoms with Crippen LogP contribution >= 0.6 is 11.6 Å². The fourth-order valence-corrected chi connectivity index (χ4v) is 1.74. The molecular weight excluding hydrogens is 321 g/mol. The van der Waals surface area contributed by atoms with E-state index in [4.69, 9.17) is 11.6 Å². The van der Waals surface area contributed by atoms with E-state index in [-0.39, 0.29) is 31.8 Å². The van der Waals surface area contributed by atoms with Gasteiger partial charge in [0.15, 0.2) is 0 Å². The topological polar surface area (TPSA) is 58.2 Å². The van der Waals surface area contributed by atoms with Crippen LogP contribution in [0.2, 0.25) is 5.02 Å². The average molecular weight is 337 g/mol. The van der Waals surface area contributed by atoms with Crippen molar-refractivity contribution >= 4 is 23.4 Å². The minimum atomic E-state index is -4.87. The normalized spacial score (nSPS) is 11.1. The van der Waals surface area contributed by atoms with Gasteiger partial charge in [-0.1, -0.05) is 23.7 Å². The van der Waals surface area contributed by atoms with Crippen molar-refractivity contribution in [2.24, 2.45) is 0 Å². The number of halogens is 4. The van der Waals surface area contributed by atoms with Crippen molar-refractivity contribution in [3.63, 3.8) is 0 Å². The van der Waals surface area contributed by atoms with Gasteiger partial charge in [0.05, 0.1) is 0 Å². The number of rotatable bonds is 7. The Hall–Kier alpha value is -1.76. The van der Waals surface area contributed by atoms with Crippen molar-refractivity contribution in [3.05, 3.63) is 34.9 Å². The van der Waals surface area contributed by atoms with Gasteiger partial charge in [0.25, 0.3) is 0 Å². The number of nitrogens with one attached hydrogen (secondary N) is 2. The Morgan fingerprint density at radius 3 is 2.23 bits per heavy atom. The number of benzene rings is 1. The molecule has 0 heterocycles. The molecule has 2 amide bonds. The van der Waals surface area contributed by atoms with E-state index in [1.54, 1.807) is 17.4 Å². The van der Waals surface area contributed by atoms with Gasteiger partial charge in [0, 0.05) is 24.5 Å². The van der Waals surface area contributed by atoms with E-state index in [0.29, 0.717) is 11.4 Å². The molecule has 0 fully saturated rings. The maximum Gasteiger partial charge on any atom is 0.471 e. The van der Waals surface area contributed by atoms with E-state index in [1.807, 2.05) is 12.1 Å². The van der Waals surface area contributed by atoms with Gasteiger partial charge in [-0.25, -0.2) is 0 Å². The molecule has 1 aromatic rings. The van der Waals surface area contributed by atoms with Crippen LogP contribution in [0.15, 0.2) is 24.3 Å². The quantitative estimate of drug-likeness (QED) is 0.751. The SMILES string of the molecule is O=C(CCc1ccc(Cl)cc1)NCCCNC(=O)C(F)(F)F. The number of carbonyl (C=O) groups is 2. The first-order chi connectivity index (χ1) is 10.3. The van der Waals surface area contributed by atoms with Crippen LogP contribution in [-0.2, 0) is 16.0 Å². The van der Waals surface area contributed by atoms with Gasteiger partial charge >= 0.3 is 12.1 Å². The average Bonchev–Trinajstić information content (AvgIpc) is 2.45. The lowest BCUT2D eigenvalue weighted by Crippen LogP contribution is -2.38. The Bertz CT molecular complexity index is 504. The summed E-state index contributed by atoms with van der Waals surface area (Å²) < 4.78 is 35.6. The highest BCUT2D eigenvalue weighted by molar-refractivity contribution is 6.30. The molecule has 22 heavy (non-hydrogen) atoms. The molecule has 0 aliphatic heterocycles. The maximum absolute atomic E-state index is 11.9. The predicted octanol–water partition coefficient (Wildman–Crippen LogP) is 2.46. The predicted molar refractivity (Wildman–Crippen MR) is 76.5 cm³/mol. The van der Waals surface area contributed by atoms with Crippen molar-refractivity contribution in [2.75, 3.05) is 13.1 Å². The number of aryl methyl sites for hydroxylation is 1. The lowest BCUT2D eigenvalue weighted by atomic mass is 10.1. The van der Waals surface area contributed by atoms with E-state index < -0.39 is 12.1 Å². The molecule has 0 unspecified atom stereocenters. The van der Waals surface area contributed by atoms with Crippen LogP contribution < -0.4 is 10.6 Å². The summed E-state index contributed by atoms with van der Waals surface area (Å²) in [4.78, 5) is 22.0. The summed E-state index contributed by atoms with van der Waals surface area (Å²) in [5.74, 6) is -2.17. The number of hydrogen-bond donors (Lipinski definition) is 2. The Morgan fingerprint density at radius 1 is 1.05 bits per heavy atom. The lowest BCUT2D eigenvalue weighted by Gasteiger charge is -2.08. The van der Waals surface area contributed by atoms with Crippen molar-refractivity contribution in [3.8, 4) is 0 Å².